The van der Waals surface area contributed by atoms with Gasteiger partial charge in [-0.25, -0.2) is 19.6 Å². The lowest BCUT2D eigenvalue weighted by Gasteiger charge is -2.05. The Bertz CT molecular complexity index is 648. The van der Waals surface area contributed by atoms with Crippen molar-refractivity contribution < 1.29 is 0 Å². The van der Waals surface area contributed by atoms with Crippen LogP contribution in [0, 0.1) is 6.92 Å². The van der Waals surface area contributed by atoms with Gasteiger partial charge in [0.1, 0.15) is 5.69 Å². The smallest absolute Gasteiger partial charge is 0.182 e. The van der Waals surface area contributed by atoms with Crippen LogP contribution in [0.1, 0.15) is 5.69 Å². The Morgan fingerprint density at radius 2 is 2.06 bits per heavy atom. The van der Waals surface area contributed by atoms with Crippen molar-refractivity contribution in [2.45, 2.75) is 6.92 Å². The molecule has 3 rings (SSSR count). The highest BCUT2D eigenvalue weighted by Gasteiger charge is 2.07. The molecule has 6 nitrogen and oxygen atoms in total. The Morgan fingerprint density at radius 1 is 1.11 bits per heavy atom. The average molecular weight is 238 g/mol. The Hall–Kier alpha value is -2.63. The molecule has 0 saturated heterocycles. The van der Waals surface area contributed by atoms with Gasteiger partial charge in [0.2, 0.25) is 0 Å². The van der Waals surface area contributed by atoms with Gasteiger partial charge in [-0.1, -0.05) is 0 Å². The maximum Gasteiger partial charge on any atom is 0.182 e. The molecule has 0 fully saturated rings. The largest absolute Gasteiger partial charge is 0.261 e. The number of nitrogens with zero attached hydrogens (tertiary/aromatic N) is 6. The second kappa shape index (κ2) is 4.33. The van der Waals surface area contributed by atoms with Crippen LogP contribution in [-0.2, 0) is 0 Å². The van der Waals surface area contributed by atoms with Crippen LogP contribution in [0.5, 0.6) is 0 Å². The molecule has 0 saturated carbocycles. The molecule has 0 amide bonds. The van der Waals surface area contributed by atoms with Crippen molar-refractivity contribution in [1.82, 2.24) is 29.7 Å². The standard InChI is InChI=1S/C12H10N6/c1-9-7-11(18-6-2-3-15-18)17-12(16-9)10-8-13-4-5-14-10/h2-8H,1H3. The summed E-state index contributed by atoms with van der Waals surface area (Å²) >= 11 is 0. The van der Waals surface area contributed by atoms with E-state index in [1.54, 1.807) is 29.5 Å². The number of aromatic nitrogens is 6. The minimum Gasteiger partial charge on any atom is -0.261 e. The molecule has 0 atom stereocenters. The molecular weight excluding hydrogens is 228 g/mol. The molecule has 0 spiro atoms. The molecule has 0 radical (unpaired) electrons. The quantitative estimate of drug-likeness (QED) is 0.675. The van der Waals surface area contributed by atoms with Gasteiger partial charge in [0, 0.05) is 36.5 Å². The molecule has 6 heteroatoms. The zero-order valence-corrected chi connectivity index (χ0v) is 9.72. The second-order valence-corrected chi connectivity index (χ2v) is 3.73. The summed E-state index contributed by atoms with van der Waals surface area (Å²) in [7, 11) is 0. The molecule has 0 aromatic carbocycles. The molecule has 0 aliphatic heterocycles. The third kappa shape index (κ3) is 1.95. The van der Waals surface area contributed by atoms with Gasteiger partial charge in [0.05, 0.1) is 6.20 Å². The summed E-state index contributed by atoms with van der Waals surface area (Å²) in [6.45, 7) is 1.91. The van der Waals surface area contributed by atoms with E-state index in [1.807, 2.05) is 25.3 Å². The summed E-state index contributed by atoms with van der Waals surface area (Å²) in [5.74, 6) is 1.27. The lowest BCUT2D eigenvalue weighted by atomic mass is 10.3. The van der Waals surface area contributed by atoms with Crippen LogP contribution in [-0.4, -0.2) is 29.7 Å². The van der Waals surface area contributed by atoms with E-state index in [0.29, 0.717) is 17.3 Å². The van der Waals surface area contributed by atoms with Crippen molar-refractivity contribution in [3.05, 3.63) is 48.8 Å². The monoisotopic (exact) mass is 238 g/mol. The lowest BCUT2D eigenvalue weighted by molar-refractivity contribution is 0.836. The number of aryl methyl sites for hydroxylation is 1. The van der Waals surface area contributed by atoms with Gasteiger partial charge < -0.3 is 0 Å². The first kappa shape index (κ1) is 10.5. The topological polar surface area (TPSA) is 69.4 Å². The maximum absolute atomic E-state index is 4.43. The number of hydrogen-bond donors (Lipinski definition) is 0. The minimum absolute atomic E-state index is 0.550. The van der Waals surface area contributed by atoms with Crippen molar-refractivity contribution in [3.8, 4) is 17.3 Å². The fourth-order valence-electron chi connectivity index (χ4n) is 1.60. The minimum atomic E-state index is 0.550. The summed E-state index contributed by atoms with van der Waals surface area (Å²) in [6.07, 6.45) is 8.42. The summed E-state index contributed by atoms with van der Waals surface area (Å²) in [5.41, 5.74) is 1.51. The predicted octanol–water partition coefficient (Wildman–Crippen LogP) is 1.43. The Labute approximate surface area is 103 Å². The van der Waals surface area contributed by atoms with E-state index in [1.165, 1.54) is 0 Å². The molecule has 3 aromatic rings. The van der Waals surface area contributed by atoms with Crippen LogP contribution in [0.2, 0.25) is 0 Å². The average Bonchev–Trinajstić information content (AvgIpc) is 2.93. The molecule has 0 aliphatic carbocycles. The lowest BCUT2D eigenvalue weighted by Crippen LogP contribution is -2.03. The zero-order chi connectivity index (χ0) is 12.4. The van der Waals surface area contributed by atoms with Crippen molar-refractivity contribution in [3.63, 3.8) is 0 Å². The first-order valence-electron chi connectivity index (χ1n) is 5.45. The van der Waals surface area contributed by atoms with Crippen LogP contribution in [0.25, 0.3) is 17.3 Å². The third-order valence-corrected chi connectivity index (χ3v) is 2.37. The molecule has 0 aliphatic rings. The maximum atomic E-state index is 4.43. The van der Waals surface area contributed by atoms with E-state index >= 15 is 0 Å². The van der Waals surface area contributed by atoms with E-state index in [-0.39, 0.29) is 0 Å². The van der Waals surface area contributed by atoms with Gasteiger partial charge in [-0.05, 0) is 13.0 Å². The molecule has 88 valence electrons. The van der Waals surface area contributed by atoms with Crippen molar-refractivity contribution >= 4 is 0 Å². The van der Waals surface area contributed by atoms with E-state index in [9.17, 15) is 0 Å². The third-order valence-electron chi connectivity index (χ3n) is 2.37. The van der Waals surface area contributed by atoms with Gasteiger partial charge in [-0.3, -0.25) is 4.98 Å². The first-order valence-corrected chi connectivity index (χ1v) is 5.45. The highest BCUT2D eigenvalue weighted by molar-refractivity contribution is 5.49. The van der Waals surface area contributed by atoms with Gasteiger partial charge in [0.25, 0.3) is 0 Å². The fraction of sp³-hybridized carbons (Fsp3) is 0.0833. The Balaban J connectivity index is 2.12. The van der Waals surface area contributed by atoms with Crippen molar-refractivity contribution in [1.29, 1.82) is 0 Å². The Morgan fingerprint density at radius 3 is 2.78 bits per heavy atom. The molecule has 0 N–H and O–H groups in total. The van der Waals surface area contributed by atoms with Gasteiger partial charge in [0.15, 0.2) is 11.6 Å². The van der Waals surface area contributed by atoms with E-state index < -0.39 is 0 Å². The molecule has 3 aromatic heterocycles. The van der Waals surface area contributed by atoms with Gasteiger partial charge in [-0.15, -0.1) is 0 Å². The second-order valence-electron chi connectivity index (χ2n) is 3.73. The van der Waals surface area contributed by atoms with Crippen LogP contribution >= 0.6 is 0 Å². The highest BCUT2D eigenvalue weighted by atomic mass is 15.3. The van der Waals surface area contributed by atoms with Crippen LogP contribution in [0.4, 0.5) is 0 Å². The summed E-state index contributed by atoms with van der Waals surface area (Å²) in [4.78, 5) is 17.0. The molecular formula is C12H10N6. The van der Waals surface area contributed by atoms with Gasteiger partial charge in [-0.2, -0.15) is 5.10 Å². The summed E-state index contributed by atoms with van der Waals surface area (Å²) < 4.78 is 1.69. The fourth-order valence-corrected chi connectivity index (χ4v) is 1.60. The van der Waals surface area contributed by atoms with Crippen LogP contribution < -0.4 is 0 Å². The van der Waals surface area contributed by atoms with Crippen molar-refractivity contribution in [2.75, 3.05) is 0 Å². The van der Waals surface area contributed by atoms with Crippen LogP contribution in [0.15, 0.2) is 43.1 Å². The summed E-state index contributed by atoms with van der Waals surface area (Å²) in [5, 5.41) is 4.15. The van der Waals surface area contributed by atoms with E-state index in [2.05, 4.69) is 25.0 Å². The van der Waals surface area contributed by atoms with Crippen LogP contribution in [0.3, 0.4) is 0 Å². The summed E-state index contributed by atoms with van der Waals surface area (Å²) in [6, 6.07) is 3.71. The number of rotatable bonds is 2. The van der Waals surface area contributed by atoms with Gasteiger partial charge >= 0.3 is 0 Å². The molecule has 0 bridgehead atoms. The van der Waals surface area contributed by atoms with E-state index in [0.717, 1.165) is 5.69 Å². The molecule has 0 unspecified atom stereocenters. The van der Waals surface area contributed by atoms with Crippen molar-refractivity contribution in [2.24, 2.45) is 0 Å². The predicted molar refractivity (Wildman–Crippen MR) is 64.9 cm³/mol. The van der Waals surface area contributed by atoms with E-state index in [4.69, 9.17) is 0 Å². The SMILES string of the molecule is Cc1cc(-n2cccn2)nc(-c2cnccn2)n1. The molecule has 18 heavy (non-hydrogen) atoms. The highest BCUT2D eigenvalue weighted by Crippen LogP contribution is 2.13. The molecule has 3 heterocycles. The number of hydrogen-bond acceptors (Lipinski definition) is 5. The first-order chi connectivity index (χ1) is 8.83. The zero-order valence-electron chi connectivity index (χ0n) is 9.72. The normalized spacial score (nSPS) is 10.5. The Kier molecular flexibility index (Phi) is 2.53.